The van der Waals surface area contributed by atoms with E-state index in [4.69, 9.17) is 11.5 Å². The van der Waals surface area contributed by atoms with Crippen molar-refractivity contribution < 1.29 is 4.79 Å². The predicted molar refractivity (Wildman–Crippen MR) is 129 cm³/mol. The van der Waals surface area contributed by atoms with Crippen LogP contribution in [0, 0.1) is 18.3 Å². The smallest absolute Gasteiger partial charge is 0.269 e. The van der Waals surface area contributed by atoms with Crippen LogP contribution in [0.25, 0.3) is 30.9 Å². The van der Waals surface area contributed by atoms with Crippen LogP contribution >= 0.6 is 34.0 Å². The summed E-state index contributed by atoms with van der Waals surface area (Å²) in [4.78, 5) is 23.5. The van der Waals surface area contributed by atoms with Crippen LogP contribution in [0.2, 0.25) is 0 Å². The Morgan fingerprint density at radius 2 is 2.03 bits per heavy atom. The van der Waals surface area contributed by atoms with Crippen molar-refractivity contribution >= 4 is 77.0 Å². The van der Waals surface area contributed by atoms with Crippen molar-refractivity contribution in [3.63, 3.8) is 0 Å². The molecule has 0 aliphatic carbocycles. The standard InChI is InChI=1S/C21H14N6OS3/c1-9-4-5-11-13(7-9)30-21(25-11)27-19(28)17-16(23)15-14(12-3-2-6-29-12)10(8-22)18(24)26-20(15)31-17/h2-7H,23H2,1H3,(H2,24,26)(H,25,27,28). The second-order valence-electron chi connectivity index (χ2n) is 6.81. The van der Waals surface area contributed by atoms with Crippen LogP contribution in [0.1, 0.15) is 20.8 Å². The molecule has 4 aromatic heterocycles. The number of nitrogens with two attached hydrogens (primary N) is 2. The Morgan fingerprint density at radius 3 is 2.77 bits per heavy atom. The van der Waals surface area contributed by atoms with Gasteiger partial charge in [-0.05, 0) is 36.1 Å². The highest BCUT2D eigenvalue weighted by Gasteiger charge is 2.25. The molecule has 0 bridgehead atoms. The SMILES string of the molecule is Cc1ccc2nc(NC(=O)c3sc4nc(N)c(C#N)c(-c5cccs5)c4c3N)sc2c1. The maximum atomic E-state index is 13.1. The number of carbonyl (C=O) groups is 1. The number of thiazole rings is 1. The molecular weight excluding hydrogens is 448 g/mol. The van der Waals surface area contributed by atoms with Gasteiger partial charge < -0.3 is 11.5 Å². The number of anilines is 3. The number of aryl methyl sites for hydroxylation is 1. The molecule has 0 atom stereocenters. The van der Waals surface area contributed by atoms with Crippen molar-refractivity contribution in [3.05, 3.63) is 51.7 Å². The topological polar surface area (TPSA) is 131 Å². The minimum absolute atomic E-state index is 0.119. The van der Waals surface area contributed by atoms with E-state index < -0.39 is 0 Å². The lowest BCUT2D eigenvalue weighted by Crippen LogP contribution is -2.11. The highest BCUT2D eigenvalue weighted by molar-refractivity contribution is 7.23. The zero-order valence-electron chi connectivity index (χ0n) is 16.1. The first-order chi connectivity index (χ1) is 15.0. The van der Waals surface area contributed by atoms with Gasteiger partial charge in [-0.3, -0.25) is 10.1 Å². The van der Waals surface area contributed by atoms with Crippen LogP contribution in [0.5, 0.6) is 0 Å². The van der Waals surface area contributed by atoms with Crippen molar-refractivity contribution in [1.82, 2.24) is 9.97 Å². The molecule has 5 aromatic rings. The fourth-order valence-corrected chi connectivity index (χ4v) is 6.11. The van der Waals surface area contributed by atoms with Gasteiger partial charge >= 0.3 is 0 Å². The first-order valence-electron chi connectivity index (χ1n) is 9.10. The van der Waals surface area contributed by atoms with Gasteiger partial charge in [0.15, 0.2) is 5.13 Å². The molecule has 31 heavy (non-hydrogen) atoms. The monoisotopic (exact) mass is 462 g/mol. The molecule has 0 fully saturated rings. The summed E-state index contributed by atoms with van der Waals surface area (Å²) in [7, 11) is 0. The summed E-state index contributed by atoms with van der Waals surface area (Å²) < 4.78 is 0.993. The number of rotatable bonds is 3. The minimum Gasteiger partial charge on any atom is -0.397 e. The molecule has 0 spiro atoms. The Kier molecular flexibility index (Phi) is 4.59. The van der Waals surface area contributed by atoms with Crippen LogP contribution in [0.3, 0.4) is 0 Å². The van der Waals surface area contributed by atoms with Crippen molar-refractivity contribution in [1.29, 1.82) is 5.26 Å². The normalized spacial score (nSPS) is 11.1. The van der Waals surface area contributed by atoms with E-state index in [0.717, 1.165) is 32.0 Å². The molecule has 0 saturated carbocycles. The Labute approximate surface area is 188 Å². The molecule has 10 heteroatoms. The lowest BCUT2D eigenvalue weighted by Gasteiger charge is -2.07. The van der Waals surface area contributed by atoms with Crippen LogP contribution in [0.15, 0.2) is 35.7 Å². The van der Waals surface area contributed by atoms with Crippen molar-refractivity contribution in [3.8, 4) is 16.5 Å². The van der Waals surface area contributed by atoms with E-state index in [1.165, 1.54) is 22.7 Å². The fraction of sp³-hybridized carbons (Fsp3) is 0.0476. The second kappa shape index (κ2) is 7.31. The van der Waals surface area contributed by atoms with Gasteiger partial charge in [-0.1, -0.05) is 23.5 Å². The van der Waals surface area contributed by atoms with E-state index in [1.807, 2.05) is 42.6 Å². The molecule has 0 saturated heterocycles. The average Bonchev–Trinajstić information content (AvgIpc) is 3.46. The molecule has 5 N–H and O–H groups in total. The zero-order valence-corrected chi connectivity index (χ0v) is 18.5. The Morgan fingerprint density at radius 1 is 1.19 bits per heavy atom. The molecule has 1 aromatic carbocycles. The van der Waals surface area contributed by atoms with Gasteiger partial charge in [-0.25, -0.2) is 9.97 Å². The number of fused-ring (bicyclic) bond motifs is 2. The number of carbonyl (C=O) groups excluding carboxylic acids is 1. The highest BCUT2D eigenvalue weighted by Crippen LogP contribution is 2.44. The third-order valence-electron chi connectivity index (χ3n) is 4.75. The maximum Gasteiger partial charge on any atom is 0.269 e. The number of benzene rings is 1. The molecule has 1 amide bonds. The van der Waals surface area contributed by atoms with E-state index in [1.54, 1.807) is 0 Å². The molecule has 152 valence electrons. The second-order valence-corrected chi connectivity index (χ2v) is 9.78. The lowest BCUT2D eigenvalue weighted by molar-refractivity contribution is 0.103. The summed E-state index contributed by atoms with van der Waals surface area (Å²) >= 11 is 4.02. The van der Waals surface area contributed by atoms with Crippen LogP contribution < -0.4 is 16.8 Å². The molecular formula is C21H14N6OS3. The van der Waals surface area contributed by atoms with E-state index in [9.17, 15) is 10.1 Å². The molecule has 0 aliphatic heterocycles. The summed E-state index contributed by atoms with van der Waals surface area (Å²) in [6.45, 7) is 2.01. The number of nitrogens with one attached hydrogen (secondary N) is 1. The van der Waals surface area contributed by atoms with Gasteiger partial charge in [-0.15, -0.1) is 22.7 Å². The minimum atomic E-state index is -0.370. The number of aromatic nitrogens is 2. The fourth-order valence-electron chi connectivity index (χ4n) is 3.36. The number of thiophene rings is 2. The van der Waals surface area contributed by atoms with Crippen molar-refractivity contribution in [2.75, 3.05) is 16.8 Å². The zero-order chi connectivity index (χ0) is 21.7. The van der Waals surface area contributed by atoms with Crippen LogP contribution in [-0.4, -0.2) is 15.9 Å². The highest BCUT2D eigenvalue weighted by atomic mass is 32.1. The van der Waals surface area contributed by atoms with Crippen LogP contribution in [0.4, 0.5) is 16.6 Å². The number of nitrogens with zero attached hydrogens (tertiary/aromatic N) is 3. The number of nitrogen functional groups attached to an aromatic ring is 2. The lowest BCUT2D eigenvalue weighted by atomic mass is 10.0. The van der Waals surface area contributed by atoms with E-state index in [0.29, 0.717) is 25.8 Å². The summed E-state index contributed by atoms with van der Waals surface area (Å²) in [6.07, 6.45) is 0. The predicted octanol–water partition coefficient (Wildman–Crippen LogP) is 5.23. The quantitative estimate of drug-likeness (QED) is 0.336. The molecule has 7 nitrogen and oxygen atoms in total. The largest absolute Gasteiger partial charge is 0.397 e. The number of nitriles is 1. The summed E-state index contributed by atoms with van der Waals surface area (Å²) in [5, 5.41) is 15.5. The van der Waals surface area contributed by atoms with Gasteiger partial charge in [0.2, 0.25) is 0 Å². The van der Waals surface area contributed by atoms with E-state index >= 15 is 0 Å². The number of pyridine rings is 1. The van der Waals surface area contributed by atoms with Crippen molar-refractivity contribution in [2.45, 2.75) is 6.92 Å². The molecule has 0 aliphatic rings. The van der Waals surface area contributed by atoms with Gasteiger partial charge in [-0.2, -0.15) is 5.26 Å². The van der Waals surface area contributed by atoms with Gasteiger partial charge in [0.1, 0.15) is 27.2 Å². The van der Waals surface area contributed by atoms with Gasteiger partial charge in [0, 0.05) is 15.8 Å². The summed E-state index contributed by atoms with van der Waals surface area (Å²) in [5.74, 6) is -0.251. The summed E-state index contributed by atoms with van der Waals surface area (Å²) in [6, 6.07) is 11.8. The number of amides is 1. The first kappa shape index (κ1) is 19.4. The Hall–Kier alpha value is -3.52. The molecule has 4 heterocycles. The summed E-state index contributed by atoms with van der Waals surface area (Å²) in [5.41, 5.74) is 15.6. The molecule has 0 radical (unpaired) electrons. The third kappa shape index (κ3) is 3.19. The third-order valence-corrected chi connectivity index (χ3v) is 7.67. The Bertz CT molecular complexity index is 1520. The number of hydrogen-bond acceptors (Lipinski definition) is 9. The van der Waals surface area contributed by atoms with Gasteiger partial charge in [0.25, 0.3) is 5.91 Å². The molecule has 0 unspecified atom stereocenters. The number of hydrogen-bond donors (Lipinski definition) is 3. The van der Waals surface area contributed by atoms with Crippen LogP contribution in [-0.2, 0) is 0 Å². The van der Waals surface area contributed by atoms with E-state index in [-0.39, 0.29) is 23.0 Å². The molecule has 5 rings (SSSR count). The van der Waals surface area contributed by atoms with Crippen molar-refractivity contribution in [2.24, 2.45) is 0 Å². The first-order valence-corrected chi connectivity index (χ1v) is 11.6. The van der Waals surface area contributed by atoms with E-state index in [2.05, 4.69) is 21.4 Å². The van der Waals surface area contributed by atoms with Gasteiger partial charge in [0.05, 0.1) is 15.9 Å². The maximum absolute atomic E-state index is 13.1. The average molecular weight is 463 g/mol. The Balaban J connectivity index is 1.62.